The molecule has 1 aliphatic rings. The lowest BCUT2D eigenvalue weighted by Crippen LogP contribution is -2.22. The van der Waals surface area contributed by atoms with Gasteiger partial charge in [0.15, 0.2) is 4.96 Å². The van der Waals surface area contributed by atoms with Gasteiger partial charge in [0.25, 0.3) is 0 Å². The van der Waals surface area contributed by atoms with Crippen LogP contribution in [0.5, 0.6) is 0 Å². The lowest BCUT2D eigenvalue weighted by atomic mass is 10.3. The van der Waals surface area contributed by atoms with Gasteiger partial charge in [-0.1, -0.05) is 0 Å². The van der Waals surface area contributed by atoms with E-state index in [1.165, 1.54) is 0 Å². The summed E-state index contributed by atoms with van der Waals surface area (Å²) in [4.78, 5) is 9.36. The summed E-state index contributed by atoms with van der Waals surface area (Å²) >= 11 is 1.58. The molecule has 0 aliphatic carbocycles. The van der Waals surface area contributed by atoms with Gasteiger partial charge in [0, 0.05) is 11.6 Å². The van der Waals surface area contributed by atoms with Gasteiger partial charge in [-0.15, -0.1) is 11.3 Å². The number of fused-ring (bicyclic) bond motifs is 3. The number of nitrogens with one attached hydrogen (secondary N) is 1. The maximum atomic E-state index is 5.71. The fourth-order valence-electron chi connectivity index (χ4n) is 1.41. The highest BCUT2D eigenvalue weighted by molar-refractivity contribution is 7.15. The molecule has 2 aromatic rings. The van der Waals surface area contributed by atoms with Crippen LogP contribution in [0.25, 0.3) is 4.96 Å². The second-order valence-corrected chi connectivity index (χ2v) is 3.62. The number of rotatable bonds is 0. The van der Waals surface area contributed by atoms with Crippen LogP contribution in [0.15, 0.2) is 16.6 Å². The molecule has 0 saturated heterocycles. The second kappa shape index (κ2) is 2.23. The number of imidazole rings is 1. The molecule has 13 heavy (non-hydrogen) atoms. The first-order valence-electron chi connectivity index (χ1n) is 3.86. The number of thiazole rings is 1. The van der Waals surface area contributed by atoms with Crippen LogP contribution in [0.1, 0.15) is 5.69 Å². The zero-order valence-electron chi connectivity index (χ0n) is 6.69. The summed E-state index contributed by atoms with van der Waals surface area (Å²) in [7, 11) is 0. The number of hydrogen-bond donors (Lipinski definition) is 2. The Morgan fingerprint density at radius 3 is 3.46 bits per heavy atom. The molecule has 5 nitrogen and oxygen atoms in total. The Morgan fingerprint density at radius 2 is 2.54 bits per heavy atom. The molecule has 0 amide bonds. The minimum absolute atomic E-state index is 0.518. The van der Waals surface area contributed by atoms with E-state index in [4.69, 9.17) is 5.73 Å². The van der Waals surface area contributed by atoms with E-state index in [1.807, 2.05) is 16.0 Å². The Kier molecular flexibility index (Phi) is 1.18. The highest BCUT2D eigenvalue weighted by Crippen LogP contribution is 2.23. The maximum absolute atomic E-state index is 5.71. The number of aromatic nitrogens is 2. The van der Waals surface area contributed by atoms with Crippen molar-refractivity contribution in [2.24, 2.45) is 10.7 Å². The Bertz CT molecular complexity index is 494. The molecule has 3 heterocycles. The molecular formula is C7H7N5S. The lowest BCUT2D eigenvalue weighted by Gasteiger charge is -2.10. The highest BCUT2D eigenvalue weighted by atomic mass is 32.1. The van der Waals surface area contributed by atoms with Crippen molar-refractivity contribution in [1.29, 1.82) is 0 Å². The summed E-state index contributed by atoms with van der Waals surface area (Å²) in [6.07, 6.45) is 1.97. The molecule has 2 aromatic heterocycles. The quantitative estimate of drug-likeness (QED) is 0.639. The fourth-order valence-corrected chi connectivity index (χ4v) is 2.12. The molecule has 0 aromatic carbocycles. The Balaban J connectivity index is 2.39. The van der Waals surface area contributed by atoms with Crippen molar-refractivity contribution < 1.29 is 0 Å². The van der Waals surface area contributed by atoms with Gasteiger partial charge in [0.05, 0.1) is 0 Å². The molecule has 0 saturated carbocycles. The van der Waals surface area contributed by atoms with Crippen molar-refractivity contribution >= 4 is 28.0 Å². The van der Waals surface area contributed by atoms with E-state index in [0.717, 1.165) is 16.5 Å². The van der Waals surface area contributed by atoms with E-state index in [2.05, 4.69) is 15.3 Å². The first-order valence-corrected chi connectivity index (χ1v) is 4.74. The van der Waals surface area contributed by atoms with E-state index in [0.29, 0.717) is 12.5 Å². The van der Waals surface area contributed by atoms with Gasteiger partial charge in [-0.3, -0.25) is 4.40 Å². The summed E-state index contributed by atoms with van der Waals surface area (Å²) in [5.41, 5.74) is 6.47. The topological polar surface area (TPSA) is 67.7 Å². The highest BCUT2D eigenvalue weighted by Gasteiger charge is 2.18. The third-order valence-electron chi connectivity index (χ3n) is 2.00. The Labute approximate surface area is 77.9 Å². The van der Waals surface area contributed by atoms with Crippen LogP contribution in [0.3, 0.4) is 0 Å². The Morgan fingerprint density at radius 1 is 1.62 bits per heavy atom. The van der Waals surface area contributed by atoms with E-state index >= 15 is 0 Å². The molecule has 3 rings (SSSR count). The summed E-state index contributed by atoms with van der Waals surface area (Å²) < 4.78 is 1.99. The zero-order valence-corrected chi connectivity index (χ0v) is 7.51. The first kappa shape index (κ1) is 6.90. The van der Waals surface area contributed by atoms with Gasteiger partial charge in [0.2, 0.25) is 0 Å². The number of nitrogens with two attached hydrogens (primary N) is 1. The van der Waals surface area contributed by atoms with Gasteiger partial charge in [-0.25, -0.2) is 9.98 Å². The summed E-state index contributed by atoms with van der Waals surface area (Å²) in [6, 6.07) is 0. The lowest BCUT2D eigenvalue weighted by molar-refractivity contribution is 1.06. The number of nitrogens with zero attached hydrogens (tertiary/aromatic N) is 3. The standard InChI is InChI=1S/C7H7N5S/c8-5-4-6(10-3-9-5)12-1-2-13-7(12)11-4/h1-2,10H,3H2,(H2,8,9). The molecule has 0 fully saturated rings. The maximum Gasteiger partial charge on any atom is 0.195 e. The number of anilines is 1. The molecule has 66 valence electrons. The van der Waals surface area contributed by atoms with Crippen molar-refractivity contribution in [3.63, 3.8) is 0 Å². The van der Waals surface area contributed by atoms with Crippen LogP contribution in [-0.2, 0) is 0 Å². The molecular weight excluding hydrogens is 186 g/mol. The smallest absolute Gasteiger partial charge is 0.195 e. The summed E-state index contributed by atoms with van der Waals surface area (Å²) in [6.45, 7) is 0.530. The van der Waals surface area contributed by atoms with Crippen molar-refractivity contribution in [2.75, 3.05) is 12.0 Å². The second-order valence-electron chi connectivity index (χ2n) is 2.74. The molecule has 3 N–H and O–H groups in total. The minimum atomic E-state index is 0.518. The van der Waals surface area contributed by atoms with Gasteiger partial charge < -0.3 is 11.1 Å². The third kappa shape index (κ3) is 0.803. The molecule has 1 aliphatic heterocycles. The molecule has 0 atom stereocenters. The predicted octanol–water partition coefficient (Wildman–Crippen LogP) is 0.484. The van der Waals surface area contributed by atoms with E-state index < -0.39 is 0 Å². The molecule has 6 heteroatoms. The fraction of sp³-hybridized carbons (Fsp3) is 0.143. The summed E-state index contributed by atoms with van der Waals surface area (Å²) in [5, 5.41) is 5.13. The van der Waals surface area contributed by atoms with Crippen LogP contribution >= 0.6 is 11.3 Å². The predicted molar refractivity (Wildman–Crippen MR) is 52.3 cm³/mol. The minimum Gasteiger partial charge on any atom is -0.382 e. The molecule has 0 bridgehead atoms. The molecule has 0 unspecified atom stereocenters. The van der Waals surface area contributed by atoms with E-state index in [-0.39, 0.29) is 0 Å². The van der Waals surface area contributed by atoms with Gasteiger partial charge in [0.1, 0.15) is 24.0 Å². The number of hydrogen-bond acceptors (Lipinski definition) is 5. The summed E-state index contributed by atoms with van der Waals surface area (Å²) in [5.74, 6) is 1.47. The first-order chi connectivity index (χ1) is 6.36. The normalized spacial score (nSPS) is 15.2. The van der Waals surface area contributed by atoms with Crippen LogP contribution in [0, 0.1) is 0 Å². The van der Waals surface area contributed by atoms with Crippen LogP contribution in [0.2, 0.25) is 0 Å². The van der Waals surface area contributed by atoms with E-state index in [9.17, 15) is 0 Å². The third-order valence-corrected chi connectivity index (χ3v) is 2.76. The zero-order chi connectivity index (χ0) is 8.84. The van der Waals surface area contributed by atoms with E-state index in [1.54, 1.807) is 11.3 Å². The number of aliphatic imine (C=N–C) groups is 1. The van der Waals surface area contributed by atoms with Crippen LogP contribution in [0.4, 0.5) is 5.82 Å². The van der Waals surface area contributed by atoms with Crippen LogP contribution in [-0.4, -0.2) is 21.9 Å². The largest absolute Gasteiger partial charge is 0.382 e. The van der Waals surface area contributed by atoms with Crippen molar-refractivity contribution in [3.05, 3.63) is 17.3 Å². The van der Waals surface area contributed by atoms with Crippen LogP contribution < -0.4 is 11.1 Å². The average Bonchev–Trinajstić information content (AvgIpc) is 2.65. The van der Waals surface area contributed by atoms with Crippen molar-refractivity contribution in [2.45, 2.75) is 0 Å². The monoisotopic (exact) mass is 193 g/mol. The average molecular weight is 193 g/mol. The molecule has 0 radical (unpaired) electrons. The Hall–Kier alpha value is -1.56. The van der Waals surface area contributed by atoms with Gasteiger partial charge >= 0.3 is 0 Å². The van der Waals surface area contributed by atoms with Gasteiger partial charge in [-0.2, -0.15) is 0 Å². The number of amidine groups is 1. The van der Waals surface area contributed by atoms with Gasteiger partial charge in [-0.05, 0) is 0 Å². The SMILES string of the molecule is NC1=NCNc2c1nc1sccn21. The van der Waals surface area contributed by atoms with Crippen molar-refractivity contribution in [3.8, 4) is 0 Å². The molecule has 0 spiro atoms. The van der Waals surface area contributed by atoms with Crippen molar-refractivity contribution in [1.82, 2.24) is 9.38 Å².